The summed E-state index contributed by atoms with van der Waals surface area (Å²) < 4.78 is 0. The minimum absolute atomic E-state index is 0.0836. The van der Waals surface area contributed by atoms with Crippen LogP contribution in [0, 0.1) is 10.1 Å². The van der Waals surface area contributed by atoms with Gasteiger partial charge in [-0.05, 0) is 12.5 Å². The van der Waals surface area contributed by atoms with Crippen molar-refractivity contribution in [1.29, 1.82) is 0 Å². The van der Waals surface area contributed by atoms with Crippen LogP contribution in [-0.2, 0) is 0 Å². The molecule has 17 heavy (non-hydrogen) atoms. The topological polar surface area (TPSA) is 131 Å². The summed E-state index contributed by atoms with van der Waals surface area (Å²) in [6.45, 7) is 3.11. The number of oxime groups is 1. The molecule has 0 radical (unpaired) electrons. The van der Waals surface area contributed by atoms with Gasteiger partial charge in [-0.25, -0.2) is 4.79 Å². The Balaban J connectivity index is 4.79. The number of hydrogen-bond acceptors (Lipinski definition) is 5. The van der Waals surface area contributed by atoms with Crippen molar-refractivity contribution in [3.63, 3.8) is 0 Å². The summed E-state index contributed by atoms with van der Waals surface area (Å²) in [7, 11) is 0. The Morgan fingerprint density at radius 3 is 2.65 bits per heavy atom. The molecule has 0 aliphatic heterocycles. The van der Waals surface area contributed by atoms with Gasteiger partial charge >= 0.3 is 6.03 Å². The molecule has 8 nitrogen and oxygen atoms in total. The molecule has 0 bridgehead atoms. The van der Waals surface area contributed by atoms with Crippen LogP contribution in [0.4, 0.5) is 4.79 Å². The Morgan fingerprint density at radius 1 is 1.71 bits per heavy atom. The zero-order valence-electron chi connectivity index (χ0n) is 9.71. The molecule has 96 valence electrons. The van der Waals surface area contributed by atoms with E-state index in [9.17, 15) is 14.9 Å². The van der Waals surface area contributed by atoms with Crippen molar-refractivity contribution < 1.29 is 14.9 Å². The van der Waals surface area contributed by atoms with Crippen molar-refractivity contribution in [2.45, 2.75) is 26.3 Å². The summed E-state index contributed by atoms with van der Waals surface area (Å²) >= 11 is 0. The van der Waals surface area contributed by atoms with Crippen LogP contribution >= 0.6 is 0 Å². The summed E-state index contributed by atoms with van der Waals surface area (Å²) in [6.07, 6.45) is 1.82. The van der Waals surface area contributed by atoms with Crippen molar-refractivity contribution in [3.8, 4) is 0 Å². The van der Waals surface area contributed by atoms with E-state index in [0.717, 1.165) is 0 Å². The molecule has 0 aromatic rings. The predicted octanol–water partition coefficient (Wildman–Crippen LogP) is 0.487. The van der Waals surface area contributed by atoms with Crippen molar-refractivity contribution in [2.75, 3.05) is 6.54 Å². The maximum atomic E-state index is 10.6. The normalized spacial score (nSPS) is 14.2. The van der Waals surface area contributed by atoms with E-state index in [1.165, 1.54) is 13.0 Å². The van der Waals surface area contributed by atoms with E-state index < -0.39 is 17.0 Å². The van der Waals surface area contributed by atoms with E-state index in [1.54, 1.807) is 6.92 Å². The van der Waals surface area contributed by atoms with E-state index in [1.807, 2.05) is 0 Å². The molecule has 0 aliphatic rings. The lowest BCUT2D eigenvalue weighted by Crippen LogP contribution is -2.33. The van der Waals surface area contributed by atoms with Crippen LogP contribution in [0.2, 0.25) is 0 Å². The molecule has 2 amide bonds. The van der Waals surface area contributed by atoms with Gasteiger partial charge in [-0.3, -0.25) is 10.1 Å². The Bertz CT molecular complexity index is 351. The highest BCUT2D eigenvalue weighted by atomic mass is 16.6. The maximum absolute atomic E-state index is 10.6. The third-order valence-corrected chi connectivity index (χ3v) is 2.19. The summed E-state index contributed by atoms with van der Waals surface area (Å²) in [5.74, 6) is 0. The van der Waals surface area contributed by atoms with E-state index in [4.69, 9.17) is 10.9 Å². The van der Waals surface area contributed by atoms with Gasteiger partial charge in [-0.15, -0.1) is 0 Å². The fourth-order valence-corrected chi connectivity index (χ4v) is 1.16. The number of rotatable bonds is 6. The molecule has 1 atom stereocenters. The monoisotopic (exact) mass is 244 g/mol. The fourth-order valence-electron chi connectivity index (χ4n) is 1.16. The Morgan fingerprint density at radius 2 is 2.29 bits per heavy atom. The van der Waals surface area contributed by atoms with E-state index in [-0.39, 0.29) is 12.3 Å². The number of amides is 2. The lowest BCUT2D eigenvalue weighted by molar-refractivity contribution is -0.507. The van der Waals surface area contributed by atoms with Crippen molar-refractivity contribution in [1.82, 2.24) is 5.32 Å². The van der Waals surface area contributed by atoms with Gasteiger partial charge in [0.15, 0.2) is 0 Å². The minimum Gasteiger partial charge on any atom is -0.411 e. The SMILES string of the molecule is CC/C(=C\C(CNC(N)=O)=N/O)C(C)[N+](=O)[O-]. The lowest BCUT2D eigenvalue weighted by Gasteiger charge is -2.08. The number of nitrogens with one attached hydrogen (secondary N) is 1. The van der Waals surface area contributed by atoms with Gasteiger partial charge in [-0.1, -0.05) is 12.1 Å². The molecule has 0 rings (SSSR count). The zero-order valence-corrected chi connectivity index (χ0v) is 9.71. The van der Waals surface area contributed by atoms with Gasteiger partial charge in [0.05, 0.1) is 12.3 Å². The highest BCUT2D eigenvalue weighted by Gasteiger charge is 2.18. The van der Waals surface area contributed by atoms with E-state index in [2.05, 4.69) is 10.5 Å². The first kappa shape index (κ1) is 14.9. The number of nitrogens with two attached hydrogens (primary N) is 1. The molecule has 4 N–H and O–H groups in total. The van der Waals surface area contributed by atoms with Crippen LogP contribution in [0.25, 0.3) is 0 Å². The van der Waals surface area contributed by atoms with Crippen LogP contribution in [0.3, 0.4) is 0 Å². The third-order valence-electron chi connectivity index (χ3n) is 2.19. The number of carbonyl (C=O) groups excluding carboxylic acids is 1. The summed E-state index contributed by atoms with van der Waals surface area (Å²) in [5, 5.41) is 24.5. The quantitative estimate of drug-likeness (QED) is 0.271. The first-order valence-corrected chi connectivity index (χ1v) is 5.00. The lowest BCUT2D eigenvalue weighted by atomic mass is 10.0. The standard InChI is InChI=1S/C9H16N4O4/c1-3-7(6(2)13(16)17)4-8(12-15)5-11-9(10)14/h4,6,15H,3,5H2,1-2H3,(H3,10,11,14)/b7-4+,12-8+. The van der Waals surface area contributed by atoms with Crippen molar-refractivity contribution in [2.24, 2.45) is 10.9 Å². The second-order valence-electron chi connectivity index (χ2n) is 3.34. The van der Waals surface area contributed by atoms with Crippen molar-refractivity contribution in [3.05, 3.63) is 21.8 Å². The molecular formula is C9H16N4O4. The molecule has 0 aromatic carbocycles. The molecule has 0 heterocycles. The Labute approximate surface area is 98.3 Å². The van der Waals surface area contributed by atoms with E-state index >= 15 is 0 Å². The highest BCUT2D eigenvalue weighted by molar-refractivity contribution is 5.98. The number of primary amides is 1. The number of hydrogen-bond donors (Lipinski definition) is 3. The fraction of sp³-hybridized carbons (Fsp3) is 0.556. The molecular weight excluding hydrogens is 228 g/mol. The number of nitrogens with zero attached hydrogens (tertiary/aromatic N) is 2. The Hall–Kier alpha value is -2.12. The van der Waals surface area contributed by atoms with Gasteiger partial charge < -0.3 is 16.3 Å². The van der Waals surface area contributed by atoms with Gasteiger partial charge in [0.2, 0.25) is 6.04 Å². The van der Waals surface area contributed by atoms with Crippen LogP contribution in [-0.4, -0.2) is 34.5 Å². The smallest absolute Gasteiger partial charge is 0.312 e. The van der Waals surface area contributed by atoms with Crippen LogP contribution in [0.5, 0.6) is 0 Å². The predicted molar refractivity (Wildman–Crippen MR) is 61.6 cm³/mol. The van der Waals surface area contributed by atoms with Crippen LogP contribution in [0.15, 0.2) is 16.8 Å². The Kier molecular flexibility index (Phi) is 6.30. The van der Waals surface area contributed by atoms with Gasteiger partial charge in [0, 0.05) is 17.4 Å². The minimum atomic E-state index is -0.870. The molecule has 0 spiro atoms. The first-order chi connectivity index (χ1) is 7.92. The third kappa shape index (κ3) is 5.50. The number of carbonyl (C=O) groups is 1. The highest BCUT2D eigenvalue weighted by Crippen LogP contribution is 2.10. The maximum Gasteiger partial charge on any atom is 0.312 e. The molecule has 0 aromatic heterocycles. The molecule has 0 aliphatic carbocycles. The second kappa shape index (κ2) is 7.20. The first-order valence-electron chi connectivity index (χ1n) is 5.00. The zero-order chi connectivity index (χ0) is 13.4. The van der Waals surface area contributed by atoms with Gasteiger partial charge in [0.1, 0.15) is 0 Å². The van der Waals surface area contributed by atoms with Crippen LogP contribution in [0.1, 0.15) is 20.3 Å². The molecule has 8 heteroatoms. The van der Waals surface area contributed by atoms with Crippen LogP contribution < -0.4 is 11.1 Å². The van der Waals surface area contributed by atoms with Gasteiger partial charge in [0.25, 0.3) is 0 Å². The summed E-state index contributed by atoms with van der Waals surface area (Å²) in [6, 6.07) is -1.63. The molecule has 0 fully saturated rings. The number of nitro groups is 1. The second-order valence-corrected chi connectivity index (χ2v) is 3.34. The molecule has 1 unspecified atom stereocenters. The molecule has 0 saturated heterocycles. The summed E-state index contributed by atoms with van der Waals surface area (Å²) in [5.41, 5.74) is 5.45. The average molecular weight is 244 g/mol. The number of urea groups is 1. The van der Waals surface area contributed by atoms with Gasteiger partial charge in [-0.2, -0.15) is 0 Å². The molecule has 0 saturated carbocycles. The summed E-state index contributed by atoms with van der Waals surface area (Å²) in [4.78, 5) is 20.6. The average Bonchev–Trinajstić information content (AvgIpc) is 2.28. The largest absolute Gasteiger partial charge is 0.411 e. The van der Waals surface area contributed by atoms with Crippen molar-refractivity contribution >= 4 is 11.7 Å². The van der Waals surface area contributed by atoms with E-state index in [0.29, 0.717) is 12.0 Å².